The standard InChI is InChI=1S/C18H36N2O/c1-6-17(21)14-9-15(19-12-18(3,4)5)11-20(10-14)16-7-13(2)8-16/h13-17,19,21H,6-12H2,1-5H3. The summed E-state index contributed by atoms with van der Waals surface area (Å²) >= 11 is 0. The maximum absolute atomic E-state index is 10.3. The molecule has 2 fully saturated rings. The zero-order chi connectivity index (χ0) is 15.6. The Morgan fingerprint density at radius 1 is 1.19 bits per heavy atom. The number of aliphatic hydroxyl groups is 1. The van der Waals surface area contributed by atoms with E-state index < -0.39 is 0 Å². The van der Waals surface area contributed by atoms with E-state index in [4.69, 9.17) is 0 Å². The molecule has 3 unspecified atom stereocenters. The van der Waals surface area contributed by atoms with E-state index in [0.29, 0.717) is 17.4 Å². The molecule has 2 aliphatic rings. The molecular formula is C18H36N2O. The Hall–Kier alpha value is -0.120. The predicted molar refractivity (Wildman–Crippen MR) is 89.4 cm³/mol. The fourth-order valence-corrected chi connectivity index (χ4v) is 3.84. The zero-order valence-corrected chi connectivity index (χ0v) is 14.7. The number of hydrogen-bond donors (Lipinski definition) is 2. The van der Waals surface area contributed by atoms with Crippen molar-refractivity contribution in [1.29, 1.82) is 0 Å². The molecule has 2 rings (SSSR count). The Kier molecular flexibility index (Phi) is 5.72. The molecule has 1 aliphatic heterocycles. The minimum atomic E-state index is -0.135. The lowest BCUT2D eigenvalue weighted by Gasteiger charge is -2.48. The largest absolute Gasteiger partial charge is 0.393 e. The smallest absolute Gasteiger partial charge is 0.0578 e. The van der Waals surface area contributed by atoms with Crippen LogP contribution in [0.15, 0.2) is 0 Å². The minimum absolute atomic E-state index is 0.135. The fourth-order valence-electron chi connectivity index (χ4n) is 3.84. The molecule has 0 aromatic rings. The lowest BCUT2D eigenvalue weighted by Crippen LogP contribution is -2.57. The molecule has 1 aliphatic carbocycles. The Bertz CT molecular complexity index is 320. The Labute approximate surface area is 131 Å². The monoisotopic (exact) mass is 296 g/mol. The third kappa shape index (κ3) is 4.94. The van der Waals surface area contributed by atoms with Crippen LogP contribution in [0.2, 0.25) is 0 Å². The van der Waals surface area contributed by atoms with Gasteiger partial charge in [-0.15, -0.1) is 0 Å². The van der Waals surface area contributed by atoms with Crippen molar-refractivity contribution in [2.24, 2.45) is 17.3 Å². The van der Waals surface area contributed by atoms with Gasteiger partial charge in [-0.3, -0.25) is 4.90 Å². The second kappa shape index (κ2) is 6.97. The van der Waals surface area contributed by atoms with Crippen LogP contribution in [0.1, 0.15) is 60.3 Å². The van der Waals surface area contributed by atoms with Crippen LogP contribution < -0.4 is 5.32 Å². The quantitative estimate of drug-likeness (QED) is 0.819. The third-order valence-electron chi connectivity index (χ3n) is 5.26. The van der Waals surface area contributed by atoms with E-state index in [1.54, 1.807) is 0 Å². The van der Waals surface area contributed by atoms with Gasteiger partial charge >= 0.3 is 0 Å². The molecule has 3 nitrogen and oxygen atoms in total. The van der Waals surface area contributed by atoms with Gasteiger partial charge in [0.1, 0.15) is 0 Å². The number of piperidine rings is 1. The molecule has 3 heteroatoms. The van der Waals surface area contributed by atoms with Gasteiger partial charge in [-0.25, -0.2) is 0 Å². The van der Waals surface area contributed by atoms with Crippen LogP contribution in [0, 0.1) is 17.3 Å². The van der Waals surface area contributed by atoms with Crippen molar-refractivity contribution in [2.45, 2.75) is 78.5 Å². The average molecular weight is 296 g/mol. The van der Waals surface area contributed by atoms with Gasteiger partial charge in [0.05, 0.1) is 6.10 Å². The molecular weight excluding hydrogens is 260 g/mol. The highest BCUT2D eigenvalue weighted by molar-refractivity contribution is 4.93. The van der Waals surface area contributed by atoms with Crippen molar-refractivity contribution in [1.82, 2.24) is 10.2 Å². The highest BCUT2D eigenvalue weighted by Crippen LogP contribution is 2.34. The Morgan fingerprint density at radius 2 is 1.86 bits per heavy atom. The maximum Gasteiger partial charge on any atom is 0.0578 e. The average Bonchev–Trinajstić information content (AvgIpc) is 2.39. The van der Waals surface area contributed by atoms with Crippen molar-refractivity contribution in [3.63, 3.8) is 0 Å². The molecule has 0 amide bonds. The minimum Gasteiger partial charge on any atom is -0.393 e. The zero-order valence-electron chi connectivity index (χ0n) is 14.7. The van der Waals surface area contributed by atoms with E-state index in [0.717, 1.165) is 37.9 Å². The van der Waals surface area contributed by atoms with Crippen LogP contribution in [0.5, 0.6) is 0 Å². The van der Waals surface area contributed by atoms with Gasteiger partial charge in [0.2, 0.25) is 0 Å². The Morgan fingerprint density at radius 3 is 2.38 bits per heavy atom. The molecule has 0 radical (unpaired) electrons. The summed E-state index contributed by atoms with van der Waals surface area (Å²) in [6, 6.07) is 1.31. The third-order valence-corrected chi connectivity index (χ3v) is 5.26. The molecule has 21 heavy (non-hydrogen) atoms. The summed E-state index contributed by atoms with van der Waals surface area (Å²) in [7, 11) is 0. The van der Waals surface area contributed by atoms with E-state index in [1.165, 1.54) is 19.4 Å². The van der Waals surface area contributed by atoms with E-state index in [9.17, 15) is 5.11 Å². The number of aliphatic hydroxyl groups excluding tert-OH is 1. The van der Waals surface area contributed by atoms with Crippen molar-refractivity contribution < 1.29 is 5.11 Å². The fraction of sp³-hybridized carbons (Fsp3) is 1.00. The van der Waals surface area contributed by atoms with Gasteiger partial charge in [-0.1, -0.05) is 34.6 Å². The van der Waals surface area contributed by atoms with Crippen LogP contribution >= 0.6 is 0 Å². The highest BCUT2D eigenvalue weighted by Gasteiger charge is 2.38. The number of hydrogen-bond acceptors (Lipinski definition) is 3. The summed E-state index contributed by atoms with van der Waals surface area (Å²) in [5.41, 5.74) is 0.326. The SMILES string of the molecule is CCC(O)C1CC(NCC(C)(C)C)CN(C2CC(C)C2)C1. The molecule has 0 bridgehead atoms. The number of nitrogens with zero attached hydrogens (tertiary/aromatic N) is 1. The van der Waals surface area contributed by atoms with Gasteiger partial charge in [-0.05, 0) is 42.9 Å². The van der Waals surface area contributed by atoms with Crippen molar-refractivity contribution in [2.75, 3.05) is 19.6 Å². The highest BCUT2D eigenvalue weighted by atomic mass is 16.3. The first kappa shape index (κ1) is 17.2. The van der Waals surface area contributed by atoms with E-state index in [2.05, 4.69) is 44.8 Å². The number of rotatable bonds is 5. The molecule has 0 spiro atoms. The number of likely N-dealkylation sites (tertiary alicyclic amines) is 1. The molecule has 2 N–H and O–H groups in total. The summed E-state index contributed by atoms with van der Waals surface area (Å²) in [6.45, 7) is 14.6. The van der Waals surface area contributed by atoms with Crippen LogP contribution in [0.4, 0.5) is 0 Å². The summed E-state index contributed by atoms with van der Waals surface area (Å²) in [6.07, 6.45) is 4.57. The van der Waals surface area contributed by atoms with Crippen molar-refractivity contribution in [3.8, 4) is 0 Å². The molecule has 1 heterocycles. The van der Waals surface area contributed by atoms with E-state index >= 15 is 0 Å². The second-order valence-electron chi connectivity index (χ2n) is 8.79. The maximum atomic E-state index is 10.3. The first-order valence-corrected chi connectivity index (χ1v) is 8.94. The van der Waals surface area contributed by atoms with Gasteiger partial charge in [-0.2, -0.15) is 0 Å². The van der Waals surface area contributed by atoms with Crippen molar-refractivity contribution in [3.05, 3.63) is 0 Å². The summed E-state index contributed by atoms with van der Waals surface area (Å²) in [5.74, 6) is 1.34. The lowest BCUT2D eigenvalue weighted by molar-refractivity contribution is -0.0102. The van der Waals surface area contributed by atoms with Crippen LogP contribution in [0.3, 0.4) is 0 Å². The van der Waals surface area contributed by atoms with E-state index in [-0.39, 0.29) is 6.10 Å². The van der Waals surface area contributed by atoms with Crippen LogP contribution in [0.25, 0.3) is 0 Å². The lowest BCUT2D eigenvalue weighted by atomic mass is 9.78. The van der Waals surface area contributed by atoms with Crippen LogP contribution in [-0.2, 0) is 0 Å². The van der Waals surface area contributed by atoms with Gasteiger partial charge in [0.25, 0.3) is 0 Å². The van der Waals surface area contributed by atoms with Crippen LogP contribution in [-0.4, -0.2) is 47.8 Å². The molecule has 124 valence electrons. The molecule has 0 aromatic carbocycles. The molecule has 0 aromatic heterocycles. The Balaban J connectivity index is 1.93. The first-order chi connectivity index (χ1) is 9.78. The first-order valence-electron chi connectivity index (χ1n) is 8.94. The predicted octanol–water partition coefficient (Wildman–Crippen LogP) is 2.88. The van der Waals surface area contributed by atoms with Gasteiger partial charge < -0.3 is 10.4 Å². The van der Waals surface area contributed by atoms with Crippen molar-refractivity contribution >= 4 is 0 Å². The molecule has 1 saturated heterocycles. The van der Waals surface area contributed by atoms with Gasteiger partial charge in [0.15, 0.2) is 0 Å². The second-order valence-corrected chi connectivity index (χ2v) is 8.79. The summed E-state index contributed by atoms with van der Waals surface area (Å²) in [5, 5.41) is 14.1. The van der Waals surface area contributed by atoms with E-state index in [1.807, 2.05) is 0 Å². The molecule has 1 saturated carbocycles. The summed E-state index contributed by atoms with van der Waals surface area (Å²) in [4.78, 5) is 2.66. The number of nitrogens with one attached hydrogen (secondary N) is 1. The molecule has 3 atom stereocenters. The summed E-state index contributed by atoms with van der Waals surface area (Å²) < 4.78 is 0. The van der Waals surface area contributed by atoms with Gasteiger partial charge in [0, 0.05) is 31.7 Å². The topological polar surface area (TPSA) is 35.5 Å². The normalized spacial score (nSPS) is 36.3.